The first-order valence-electron chi connectivity index (χ1n) is 26.8. The van der Waals surface area contributed by atoms with Gasteiger partial charge in [-0.1, -0.05) is 64.1 Å². The molecule has 0 aliphatic rings. The summed E-state index contributed by atoms with van der Waals surface area (Å²) >= 11 is 0. The number of hydrogen-bond acceptors (Lipinski definition) is 16. The molecule has 18 nitrogen and oxygen atoms in total. The molecule has 8 rings (SSSR count). The number of nitrogens with one attached hydrogen (secondary N) is 2. The SMILES string of the molecule is CCOC(=O)CC(=O)CC(O)/C=C/n1c(C(C)C)nc(-c2ccc(F)cc2)c1-c1ccnc(Nc2ccccc2)n1.CCOC(=O)C[C@H](O)C[C@H](O)/C=C/n1c(C(C)C)nc(-c2ccc(F)cc2)c1-c1ccnc(Nc2ccccc2)n1. The van der Waals surface area contributed by atoms with E-state index in [1.807, 2.05) is 92.9 Å². The van der Waals surface area contributed by atoms with Crippen molar-refractivity contribution in [2.75, 3.05) is 23.8 Å². The van der Waals surface area contributed by atoms with E-state index in [9.17, 15) is 38.5 Å². The maximum atomic E-state index is 13.8. The van der Waals surface area contributed by atoms with E-state index in [-0.39, 0.29) is 55.9 Å². The summed E-state index contributed by atoms with van der Waals surface area (Å²) in [4.78, 5) is 63.6. The third-order valence-electron chi connectivity index (χ3n) is 12.2. The highest BCUT2D eigenvalue weighted by molar-refractivity contribution is 5.96. The third kappa shape index (κ3) is 17.0. The Morgan fingerprint density at radius 2 is 0.988 bits per heavy atom. The summed E-state index contributed by atoms with van der Waals surface area (Å²) in [5, 5.41) is 37.9. The summed E-state index contributed by atoms with van der Waals surface area (Å²) in [5.41, 5.74) is 6.46. The van der Waals surface area contributed by atoms with Crippen LogP contribution in [0.1, 0.15) is 90.7 Å². The van der Waals surface area contributed by atoms with Crippen LogP contribution >= 0.6 is 0 Å². The smallest absolute Gasteiger partial charge is 0.313 e. The van der Waals surface area contributed by atoms with Crippen LogP contribution in [0.4, 0.5) is 32.1 Å². The van der Waals surface area contributed by atoms with Gasteiger partial charge >= 0.3 is 11.9 Å². The number of carbonyl (C=O) groups excluding carboxylic acids is 3. The fourth-order valence-corrected chi connectivity index (χ4v) is 8.50. The van der Waals surface area contributed by atoms with Crippen molar-refractivity contribution in [3.63, 3.8) is 0 Å². The number of carbonyl (C=O) groups is 3. The van der Waals surface area contributed by atoms with Gasteiger partial charge in [0.1, 0.15) is 35.5 Å². The Hall–Kier alpha value is -9.11. The first kappa shape index (κ1) is 60.5. The lowest BCUT2D eigenvalue weighted by Crippen LogP contribution is -2.20. The maximum Gasteiger partial charge on any atom is 0.313 e. The van der Waals surface area contributed by atoms with E-state index in [0.717, 1.165) is 11.4 Å². The van der Waals surface area contributed by atoms with E-state index in [1.54, 1.807) is 79.6 Å². The molecule has 82 heavy (non-hydrogen) atoms. The van der Waals surface area contributed by atoms with Crippen molar-refractivity contribution in [2.45, 2.75) is 97.4 Å². The first-order valence-corrected chi connectivity index (χ1v) is 26.8. The van der Waals surface area contributed by atoms with Crippen LogP contribution in [0.2, 0.25) is 0 Å². The second-order valence-corrected chi connectivity index (χ2v) is 19.4. The molecule has 4 aromatic heterocycles. The number of ether oxygens (including phenoxy) is 2. The molecule has 4 aromatic carbocycles. The molecule has 0 saturated heterocycles. The lowest BCUT2D eigenvalue weighted by Gasteiger charge is -2.14. The van der Waals surface area contributed by atoms with E-state index in [1.165, 1.54) is 36.4 Å². The quantitative estimate of drug-likeness (QED) is 0.0279. The van der Waals surface area contributed by atoms with E-state index < -0.39 is 42.5 Å². The molecule has 0 aliphatic carbocycles. The largest absolute Gasteiger partial charge is 0.466 e. The minimum absolute atomic E-state index is 0.0251. The lowest BCUT2D eigenvalue weighted by atomic mass is 10.1. The monoisotopic (exact) mass is 1120 g/mol. The Kier molecular flexibility index (Phi) is 21.7. The molecule has 5 N–H and O–H groups in total. The summed E-state index contributed by atoms with van der Waals surface area (Å²) in [6.07, 6.45) is 5.40. The minimum Gasteiger partial charge on any atom is -0.466 e. The fraction of sp³-hybridized carbons (Fsp3) is 0.274. The zero-order chi connectivity index (χ0) is 58.7. The van der Waals surface area contributed by atoms with Crippen molar-refractivity contribution in [1.82, 2.24) is 39.0 Å². The summed E-state index contributed by atoms with van der Waals surface area (Å²) in [5.74, 6) is -0.289. The van der Waals surface area contributed by atoms with Crippen LogP contribution in [0.3, 0.4) is 0 Å². The van der Waals surface area contributed by atoms with Gasteiger partial charge in [-0.2, -0.15) is 0 Å². The summed E-state index contributed by atoms with van der Waals surface area (Å²) < 4.78 is 40.9. The molecule has 8 aromatic rings. The van der Waals surface area contributed by atoms with Crippen LogP contribution < -0.4 is 10.6 Å². The highest BCUT2D eigenvalue weighted by atomic mass is 19.1. The lowest BCUT2D eigenvalue weighted by molar-refractivity contribution is -0.147. The van der Waals surface area contributed by atoms with Gasteiger partial charge in [0.05, 0.1) is 72.1 Å². The number of rotatable bonds is 24. The summed E-state index contributed by atoms with van der Waals surface area (Å²) in [6, 6.07) is 34.6. The molecule has 4 heterocycles. The van der Waals surface area contributed by atoms with Crippen LogP contribution in [0.25, 0.3) is 57.7 Å². The van der Waals surface area contributed by atoms with Gasteiger partial charge in [0.2, 0.25) is 11.9 Å². The molecule has 3 atom stereocenters. The van der Waals surface area contributed by atoms with E-state index in [2.05, 4.69) is 20.6 Å². The van der Waals surface area contributed by atoms with E-state index in [0.29, 0.717) is 68.8 Å². The van der Waals surface area contributed by atoms with Gasteiger partial charge < -0.3 is 44.6 Å². The van der Waals surface area contributed by atoms with Gasteiger partial charge in [-0.15, -0.1) is 0 Å². The van der Waals surface area contributed by atoms with Crippen molar-refractivity contribution in [2.24, 2.45) is 0 Å². The predicted molar refractivity (Wildman–Crippen MR) is 310 cm³/mol. The molecular formula is C62H66F2N10O8. The molecule has 0 spiro atoms. The Bertz CT molecular complexity index is 3440. The highest BCUT2D eigenvalue weighted by Gasteiger charge is 2.25. The van der Waals surface area contributed by atoms with Gasteiger partial charge in [0.15, 0.2) is 0 Å². The molecule has 1 unspecified atom stereocenters. The Labute approximate surface area is 474 Å². The molecule has 0 aliphatic heterocycles. The van der Waals surface area contributed by atoms with Gasteiger partial charge in [0.25, 0.3) is 0 Å². The van der Waals surface area contributed by atoms with Crippen LogP contribution in [0.15, 0.2) is 146 Å². The molecule has 0 fully saturated rings. The number of nitrogens with zero attached hydrogens (tertiary/aromatic N) is 8. The molecular weight excluding hydrogens is 1050 g/mol. The Morgan fingerprint density at radius 1 is 0.561 bits per heavy atom. The average molecular weight is 1120 g/mol. The zero-order valence-corrected chi connectivity index (χ0v) is 46.4. The fourth-order valence-electron chi connectivity index (χ4n) is 8.50. The number of anilines is 4. The number of para-hydroxylation sites is 2. The number of aromatic nitrogens is 8. The van der Waals surface area contributed by atoms with Gasteiger partial charge in [-0.25, -0.2) is 38.7 Å². The number of Topliss-reactive ketones (excluding diaryl/α,β-unsaturated/α-hetero) is 1. The van der Waals surface area contributed by atoms with Gasteiger partial charge in [-0.3, -0.25) is 14.4 Å². The average Bonchev–Trinajstić information content (AvgIpc) is 3.28. The van der Waals surface area contributed by atoms with Crippen LogP contribution in [0.5, 0.6) is 0 Å². The van der Waals surface area contributed by atoms with Crippen molar-refractivity contribution in [1.29, 1.82) is 0 Å². The number of hydrogen-bond donors (Lipinski definition) is 5. The molecule has 20 heteroatoms. The zero-order valence-electron chi connectivity index (χ0n) is 46.4. The van der Waals surface area contributed by atoms with E-state index >= 15 is 0 Å². The van der Waals surface area contributed by atoms with Gasteiger partial charge in [0, 0.05) is 72.0 Å². The first-order chi connectivity index (χ1) is 39.5. The van der Waals surface area contributed by atoms with Crippen molar-refractivity contribution < 1.29 is 48.0 Å². The summed E-state index contributed by atoms with van der Waals surface area (Å²) in [6.45, 7) is 11.7. The number of imidazole rings is 2. The van der Waals surface area contributed by atoms with Crippen LogP contribution in [-0.2, 0) is 23.9 Å². The highest BCUT2D eigenvalue weighted by Crippen LogP contribution is 2.37. The molecule has 0 saturated carbocycles. The second kappa shape index (κ2) is 29.4. The predicted octanol–water partition coefficient (Wildman–Crippen LogP) is 11.3. The number of halogens is 2. The minimum atomic E-state index is -1.15. The van der Waals surface area contributed by atoms with E-state index in [4.69, 9.17) is 29.4 Å². The topological polar surface area (TPSA) is 242 Å². The van der Waals surface area contributed by atoms with Crippen LogP contribution in [-0.4, -0.2) is 104 Å². The van der Waals surface area contributed by atoms with Gasteiger partial charge in [-0.05, 0) is 111 Å². The third-order valence-corrected chi connectivity index (χ3v) is 12.2. The summed E-state index contributed by atoms with van der Waals surface area (Å²) in [7, 11) is 0. The van der Waals surface area contributed by atoms with Crippen molar-refractivity contribution in [3.8, 4) is 45.3 Å². The number of aliphatic hydroxyl groups is 3. The molecule has 0 amide bonds. The van der Waals surface area contributed by atoms with Crippen molar-refractivity contribution >= 4 is 53.4 Å². The Balaban J connectivity index is 0.000000236. The normalized spacial score (nSPS) is 12.5. The number of esters is 2. The number of benzene rings is 4. The Morgan fingerprint density at radius 3 is 1.41 bits per heavy atom. The molecule has 0 bridgehead atoms. The number of aliphatic hydroxyl groups excluding tert-OH is 3. The number of ketones is 1. The standard InChI is InChI=1S/C31H34FN5O4.C31H32FN5O4/c2*1-4-41-27(40)19-25(39)18-24(38)15-17-37-29(26-14-16-33-31(35-26)34-23-8-6-5-7-9-23)28(36-30(37)20(2)3)21-10-12-22(32)13-11-21/h5-17,20,24-25,38-39H,4,18-19H2,1-3H3,(H,33,34,35);5-17,20,24,38H,4,18-19H2,1-3H3,(H,33,34,35)/b2*17-15+/t24-,25-;/m1./s1. The van der Waals surface area contributed by atoms with Crippen molar-refractivity contribution in [3.05, 3.63) is 169 Å². The van der Waals surface area contributed by atoms with Crippen LogP contribution in [0, 0.1) is 11.6 Å². The molecule has 426 valence electrons. The molecule has 0 radical (unpaired) electrons. The second-order valence-electron chi connectivity index (χ2n) is 19.4. The maximum absolute atomic E-state index is 13.8.